The summed E-state index contributed by atoms with van der Waals surface area (Å²) in [7, 11) is 0. The van der Waals surface area contributed by atoms with E-state index in [0.29, 0.717) is 0 Å². The monoisotopic (exact) mass is 358 g/mol. The van der Waals surface area contributed by atoms with Crippen LogP contribution >= 0.6 is 0 Å². The lowest BCUT2D eigenvalue weighted by Gasteiger charge is -2.35. The molecule has 0 amide bonds. The first-order valence-electron chi connectivity index (χ1n) is 9.84. The summed E-state index contributed by atoms with van der Waals surface area (Å²) in [6.07, 6.45) is 3.33. The van der Waals surface area contributed by atoms with Crippen LogP contribution in [0.15, 0.2) is 115 Å². The molecule has 0 bridgehead atoms. The van der Waals surface area contributed by atoms with Crippen LogP contribution in [0, 0.1) is 0 Å². The highest BCUT2D eigenvalue weighted by Crippen LogP contribution is 2.52. The molecule has 0 saturated carbocycles. The summed E-state index contributed by atoms with van der Waals surface area (Å²) < 4.78 is 0. The van der Waals surface area contributed by atoms with Gasteiger partial charge >= 0.3 is 0 Å². The zero-order chi connectivity index (χ0) is 18.8. The van der Waals surface area contributed by atoms with Crippen LogP contribution in [0.25, 0.3) is 11.6 Å². The van der Waals surface area contributed by atoms with E-state index in [9.17, 15) is 0 Å². The summed E-state index contributed by atoms with van der Waals surface area (Å²) >= 11 is 0. The molecule has 4 aromatic carbocycles. The molecule has 1 unspecified atom stereocenters. The standard InChI is InChI=1S/C28H22/c1-4-12-22(13-5-1)21-28(25-17-8-3-9-18-25)26-19-11-10-16-24(26)20-27(28)23-14-6-2-7-15-23/h1-20H,21H2. The normalized spacial score (nSPS) is 17.8. The predicted molar refractivity (Wildman–Crippen MR) is 118 cm³/mol. The van der Waals surface area contributed by atoms with Gasteiger partial charge in [0.1, 0.15) is 0 Å². The fourth-order valence-corrected chi connectivity index (χ4v) is 4.61. The van der Waals surface area contributed by atoms with E-state index in [2.05, 4.69) is 121 Å². The number of rotatable bonds is 4. The third kappa shape index (κ3) is 2.70. The molecule has 1 atom stereocenters. The topological polar surface area (TPSA) is 0 Å². The van der Waals surface area contributed by atoms with E-state index in [1.54, 1.807) is 0 Å². The average Bonchev–Trinajstić information content (AvgIpc) is 3.11. The van der Waals surface area contributed by atoms with Crippen LogP contribution in [0.3, 0.4) is 0 Å². The molecule has 0 radical (unpaired) electrons. The van der Waals surface area contributed by atoms with Crippen LogP contribution in [-0.2, 0) is 11.8 Å². The van der Waals surface area contributed by atoms with Gasteiger partial charge in [-0.15, -0.1) is 0 Å². The Hall–Kier alpha value is -3.38. The fraction of sp³-hybridized carbons (Fsp3) is 0.0714. The molecule has 134 valence electrons. The van der Waals surface area contributed by atoms with Gasteiger partial charge in [-0.2, -0.15) is 0 Å². The first kappa shape index (κ1) is 16.8. The van der Waals surface area contributed by atoms with Gasteiger partial charge in [-0.3, -0.25) is 0 Å². The summed E-state index contributed by atoms with van der Waals surface area (Å²) in [5.41, 5.74) is 7.89. The Kier molecular flexibility index (Phi) is 4.18. The number of allylic oxidation sites excluding steroid dienone is 1. The summed E-state index contributed by atoms with van der Waals surface area (Å²) in [6.45, 7) is 0. The summed E-state index contributed by atoms with van der Waals surface area (Å²) in [4.78, 5) is 0. The average molecular weight is 358 g/mol. The van der Waals surface area contributed by atoms with Crippen LogP contribution < -0.4 is 0 Å². The fourth-order valence-electron chi connectivity index (χ4n) is 4.61. The van der Waals surface area contributed by atoms with Gasteiger partial charge in [0.2, 0.25) is 0 Å². The van der Waals surface area contributed by atoms with Crippen molar-refractivity contribution in [2.45, 2.75) is 11.8 Å². The molecule has 1 aliphatic carbocycles. The maximum atomic E-state index is 2.39. The second-order valence-corrected chi connectivity index (χ2v) is 7.45. The summed E-state index contributed by atoms with van der Waals surface area (Å²) in [5, 5.41) is 0. The van der Waals surface area contributed by atoms with Gasteiger partial charge in [-0.05, 0) is 45.9 Å². The zero-order valence-corrected chi connectivity index (χ0v) is 15.8. The molecule has 28 heavy (non-hydrogen) atoms. The Labute approximate surface area is 166 Å². The molecule has 0 aliphatic heterocycles. The molecule has 0 nitrogen and oxygen atoms in total. The van der Waals surface area contributed by atoms with Crippen LogP contribution in [0.2, 0.25) is 0 Å². The highest BCUT2D eigenvalue weighted by molar-refractivity contribution is 5.97. The van der Waals surface area contributed by atoms with E-state index in [0.717, 1.165) is 6.42 Å². The Morgan fingerprint density at radius 1 is 0.536 bits per heavy atom. The molecule has 4 aromatic rings. The van der Waals surface area contributed by atoms with E-state index in [-0.39, 0.29) is 5.41 Å². The third-order valence-corrected chi connectivity index (χ3v) is 5.84. The van der Waals surface area contributed by atoms with Gasteiger partial charge in [-0.25, -0.2) is 0 Å². The minimum absolute atomic E-state index is 0.194. The van der Waals surface area contributed by atoms with Gasteiger partial charge in [0.25, 0.3) is 0 Å². The Balaban J connectivity index is 1.81. The van der Waals surface area contributed by atoms with Gasteiger partial charge in [-0.1, -0.05) is 115 Å². The molecular weight excluding hydrogens is 336 g/mol. The second kappa shape index (κ2) is 6.98. The maximum Gasteiger partial charge on any atom is 0.0503 e. The first-order valence-corrected chi connectivity index (χ1v) is 9.84. The number of fused-ring (bicyclic) bond motifs is 1. The van der Waals surface area contributed by atoms with Crippen molar-refractivity contribution in [1.29, 1.82) is 0 Å². The van der Waals surface area contributed by atoms with Crippen LogP contribution in [0.5, 0.6) is 0 Å². The summed E-state index contributed by atoms with van der Waals surface area (Å²) in [5.74, 6) is 0. The lowest BCUT2D eigenvalue weighted by molar-refractivity contribution is 0.667. The van der Waals surface area contributed by atoms with Crippen LogP contribution in [0.4, 0.5) is 0 Å². The van der Waals surface area contributed by atoms with E-state index in [1.807, 2.05) is 0 Å². The molecule has 0 fully saturated rings. The van der Waals surface area contributed by atoms with Crippen molar-refractivity contribution in [3.8, 4) is 0 Å². The van der Waals surface area contributed by atoms with Crippen molar-refractivity contribution in [1.82, 2.24) is 0 Å². The molecule has 0 saturated heterocycles. The smallest absolute Gasteiger partial charge is 0.0503 e. The maximum absolute atomic E-state index is 2.39. The van der Waals surface area contributed by atoms with Gasteiger partial charge in [0, 0.05) is 0 Å². The van der Waals surface area contributed by atoms with Crippen molar-refractivity contribution < 1.29 is 0 Å². The second-order valence-electron chi connectivity index (χ2n) is 7.45. The molecule has 0 spiro atoms. The molecule has 1 aliphatic rings. The molecule has 0 heteroatoms. The van der Waals surface area contributed by atoms with Crippen molar-refractivity contribution in [2.75, 3.05) is 0 Å². The minimum Gasteiger partial charge on any atom is -0.0622 e. The number of hydrogen-bond donors (Lipinski definition) is 0. The van der Waals surface area contributed by atoms with Crippen molar-refractivity contribution in [3.05, 3.63) is 143 Å². The molecule has 0 heterocycles. The molecule has 0 N–H and O–H groups in total. The van der Waals surface area contributed by atoms with E-state index in [4.69, 9.17) is 0 Å². The molecule has 0 aromatic heterocycles. The number of benzene rings is 4. The summed E-state index contributed by atoms with van der Waals surface area (Å²) in [6, 6.07) is 41.5. The predicted octanol–water partition coefficient (Wildman–Crippen LogP) is 6.77. The van der Waals surface area contributed by atoms with E-state index < -0.39 is 0 Å². The Morgan fingerprint density at radius 3 is 1.82 bits per heavy atom. The lowest BCUT2D eigenvalue weighted by atomic mass is 9.66. The van der Waals surface area contributed by atoms with Gasteiger partial charge in [0.15, 0.2) is 0 Å². The Morgan fingerprint density at radius 2 is 1.11 bits per heavy atom. The highest BCUT2D eigenvalue weighted by Gasteiger charge is 2.43. The minimum atomic E-state index is -0.194. The number of hydrogen-bond acceptors (Lipinski definition) is 0. The molecule has 5 rings (SSSR count). The quantitative estimate of drug-likeness (QED) is 0.378. The third-order valence-electron chi connectivity index (χ3n) is 5.84. The van der Waals surface area contributed by atoms with Crippen LogP contribution in [0.1, 0.15) is 27.8 Å². The Bertz CT molecular complexity index is 1110. The van der Waals surface area contributed by atoms with E-state index in [1.165, 1.54) is 33.4 Å². The largest absolute Gasteiger partial charge is 0.0622 e. The lowest BCUT2D eigenvalue weighted by Crippen LogP contribution is -2.30. The van der Waals surface area contributed by atoms with Crippen molar-refractivity contribution in [2.24, 2.45) is 0 Å². The highest BCUT2D eigenvalue weighted by atomic mass is 14.4. The van der Waals surface area contributed by atoms with Crippen molar-refractivity contribution in [3.63, 3.8) is 0 Å². The van der Waals surface area contributed by atoms with Gasteiger partial charge in [0.05, 0.1) is 5.41 Å². The van der Waals surface area contributed by atoms with Crippen LogP contribution in [-0.4, -0.2) is 0 Å². The zero-order valence-electron chi connectivity index (χ0n) is 15.8. The molecular formula is C28H22. The van der Waals surface area contributed by atoms with Crippen molar-refractivity contribution >= 4 is 11.6 Å². The van der Waals surface area contributed by atoms with Gasteiger partial charge < -0.3 is 0 Å². The first-order chi connectivity index (χ1) is 13.9. The van der Waals surface area contributed by atoms with E-state index >= 15 is 0 Å². The SMILES string of the molecule is C1=C(c2ccccc2)C(Cc2ccccc2)(c2ccccc2)c2ccccc21.